The topological polar surface area (TPSA) is 47.6 Å². The van der Waals surface area contributed by atoms with Crippen molar-refractivity contribution in [3.8, 4) is 11.5 Å². The second-order valence-electron chi connectivity index (χ2n) is 4.04. The summed E-state index contributed by atoms with van der Waals surface area (Å²) in [7, 11) is 0. The van der Waals surface area contributed by atoms with Gasteiger partial charge in [0.25, 0.3) is 0 Å². The molecule has 0 radical (unpaired) electrons. The molecule has 0 aromatic heterocycles. The van der Waals surface area contributed by atoms with Crippen molar-refractivity contribution in [1.82, 2.24) is 0 Å². The van der Waals surface area contributed by atoms with Crippen molar-refractivity contribution in [2.24, 2.45) is 10.7 Å². The van der Waals surface area contributed by atoms with Crippen LogP contribution in [0.3, 0.4) is 0 Å². The third-order valence-electron chi connectivity index (χ3n) is 2.55. The summed E-state index contributed by atoms with van der Waals surface area (Å²) in [6.07, 6.45) is 1.89. The largest absolute Gasteiger partial charge is 0.455 e. The highest BCUT2D eigenvalue weighted by atomic mass is 32.2. The molecule has 0 aliphatic carbocycles. The number of amidine groups is 1. The highest BCUT2D eigenvalue weighted by Gasteiger charge is 2.04. The number of nitrogens with two attached hydrogens (primary N) is 1. The number of hydrogen-bond donors (Lipinski definition) is 1. The normalized spacial score (nSPS) is 11.4. The van der Waals surface area contributed by atoms with Crippen LogP contribution in [0, 0.1) is 6.92 Å². The number of aliphatic imine (C=N–C) groups is 1. The van der Waals surface area contributed by atoms with Crippen LogP contribution in [0.1, 0.15) is 5.56 Å². The molecule has 3 nitrogen and oxygen atoms in total. The Hall–Kier alpha value is -1.94. The van der Waals surface area contributed by atoms with Crippen molar-refractivity contribution in [2.45, 2.75) is 6.92 Å². The molecule has 2 N–H and O–H groups in total. The average molecular weight is 272 g/mol. The third kappa shape index (κ3) is 3.76. The maximum atomic E-state index is 5.84. The minimum Gasteiger partial charge on any atom is -0.455 e. The van der Waals surface area contributed by atoms with E-state index in [1.807, 2.05) is 61.7 Å². The van der Waals surface area contributed by atoms with E-state index < -0.39 is 0 Å². The molecule has 4 heteroatoms. The minimum absolute atomic E-state index is 0.514. The van der Waals surface area contributed by atoms with E-state index in [1.165, 1.54) is 17.3 Å². The maximum Gasteiger partial charge on any atom is 0.159 e. The molecule has 0 unspecified atom stereocenters. The van der Waals surface area contributed by atoms with Gasteiger partial charge < -0.3 is 10.5 Å². The standard InChI is InChI=1S/C15H16N2OS/c1-11-7-9-12(10-8-11)18-14-6-4-3-5-13(14)17-15(16)19-2/h3-10H,1-2H3,(H2,16,17). The van der Waals surface area contributed by atoms with E-state index in [1.54, 1.807) is 0 Å². The molecule has 0 saturated carbocycles. The zero-order chi connectivity index (χ0) is 13.7. The van der Waals surface area contributed by atoms with E-state index in [0.717, 1.165) is 11.4 Å². The van der Waals surface area contributed by atoms with Gasteiger partial charge in [0.2, 0.25) is 0 Å². The van der Waals surface area contributed by atoms with Gasteiger partial charge in [-0.25, -0.2) is 4.99 Å². The first-order chi connectivity index (χ1) is 9.19. The van der Waals surface area contributed by atoms with E-state index in [-0.39, 0.29) is 0 Å². The molecule has 0 amide bonds. The lowest BCUT2D eigenvalue weighted by Crippen LogP contribution is -2.04. The first-order valence-corrected chi connectivity index (χ1v) is 7.13. The molecule has 98 valence electrons. The van der Waals surface area contributed by atoms with Crippen molar-refractivity contribution in [3.63, 3.8) is 0 Å². The van der Waals surface area contributed by atoms with Crippen molar-refractivity contribution in [2.75, 3.05) is 6.26 Å². The van der Waals surface area contributed by atoms with Gasteiger partial charge in [0.15, 0.2) is 10.9 Å². The Labute approximate surface area is 117 Å². The van der Waals surface area contributed by atoms with Crippen molar-refractivity contribution in [1.29, 1.82) is 0 Å². The van der Waals surface area contributed by atoms with Gasteiger partial charge in [0, 0.05) is 0 Å². The van der Waals surface area contributed by atoms with Crippen LogP contribution < -0.4 is 10.5 Å². The lowest BCUT2D eigenvalue weighted by Gasteiger charge is -2.08. The summed E-state index contributed by atoms with van der Waals surface area (Å²) >= 11 is 1.41. The van der Waals surface area contributed by atoms with Gasteiger partial charge in [0.05, 0.1) is 0 Å². The molecule has 19 heavy (non-hydrogen) atoms. The Bertz CT molecular complexity index is 579. The van der Waals surface area contributed by atoms with Crippen LogP contribution >= 0.6 is 11.8 Å². The molecular formula is C15H16N2OS. The Morgan fingerprint density at radius 3 is 2.47 bits per heavy atom. The third-order valence-corrected chi connectivity index (χ3v) is 3.06. The second kappa shape index (κ2) is 6.29. The zero-order valence-corrected chi connectivity index (χ0v) is 11.8. The SMILES string of the molecule is CSC(N)=Nc1ccccc1Oc1ccc(C)cc1. The van der Waals surface area contributed by atoms with E-state index >= 15 is 0 Å². The van der Waals surface area contributed by atoms with Gasteiger partial charge in [-0.15, -0.1) is 0 Å². The van der Waals surface area contributed by atoms with Gasteiger partial charge >= 0.3 is 0 Å². The molecule has 0 heterocycles. The fraction of sp³-hybridized carbons (Fsp3) is 0.133. The summed E-state index contributed by atoms with van der Waals surface area (Å²) in [5, 5.41) is 0.514. The molecule has 0 spiro atoms. The lowest BCUT2D eigenvalue weighted by molar-refractivity contribution is 0.484. The predicted octanol–water partition coefficient (Wildman–Crippen LogP) is 4.10. The fourth-order valence-corrected chi connectivity index (χ4v) is 1.72. The van der Waals surface area contributed by atoms with Crippen LogP contribution in [-0.4, -0.2) is 11.4 Å². The van der Waals surface area contributed by atoms with Gasteiger partial charge in [-0.2, -0.15) is 0 Å². The lowest BCUT2D eigenvalue weighted by atomic mass is 10.2. The number of rotatable bonds is 3. The van der Waals surface area contributed by atoms with Crippen LogP contribution in [0.4, 0.5) is 5.69 Å². The number of nitrogens with zero attached hydrogens (tertiary/aromatic N) is 1. The van der Waals surface area contributed by atoms with Crippen LogP contribution in [0.2, 0.25) is 0 Å². The van der Waals surface area contributed by atoms with Gasteiger partial charge in [-0.1, -0.05) is 41.6 Å². The number of para-hydroxylation sites is 2. The predicted molar refractivity (Wildman–Crippen MR) is 82.5 cm³/mol. The van der Waals surface area contributed by atoms with Crippen LogP contribution in [0.15, 0.2) is 53.5 Å². The Morgan fingerprint density at radius 1 is 1.11 bits per heavy atom. The molecule has 2 aromatic carbocycles. The highest BCUT2D eigenvalue weighted by Crippen LogP contribution is 2.31. The molecule has 0 aliphatic rings. The molecule has 0 saturated heterocycles. The summed E-state index contributed by atoms with van der Waals surface area (Å²) < 4.78 is 5.84. The Balaban J connectivity index is 2.27. The van der Waals surface area contributed by atoms with E-state index in [2.05, 4.69) is 4.99 Å². The quantitative estimate of drug-likeness (QED) is 0.676. The van der Waals surface area contributed by atoms with E-state index in [9.17, 15) is 0 Å². The van der Waals surface area contributed by atoms with Crippen LogP contribution in [0.25, 0.3) is 0 Å². The smallest absolute Gasteiger partial charge is 0.159 e. The minimum atomic E-state index is 0.514. The van der Waals surface area contributed by atoms with Gasteiger partial charge in [-0.05, 0) is 37.4 Å². The summed E-state index contributed by atoms with van der Waals surface area (Å²) in [6, 6.07) is 15.5. The maximum absolute atomic E-state index is 5.84. The van der Waals surface area contributed by atoms with Crippen molar-refractivity contribution in [3.05, 3.63) is 54.1 Å². The Kier molecular flexibility index (Phi) is 4.47. The summed E-state index contributed by atoms with van der Waals surface area (Å²) in [5.74, 6) is 1.49. The second-order valence-corrected chi connectivity index (χ2v) is 4.86. The molecule has 2 aromatic rings. The average Bonchev–Trinajstić information content (AvgIpc) is 2.43. The summed E-state index contributed by atoms with van der Waals surface area (Å²) in [4.78, 5) is 4.32. The number of benzene rings is 2. The molecular weight excluding hydrogens is 256 g/mol. The van der Waals surface area contributed by atoms with Gasteiger partial charge in [-0.3, -0.25) is 0 Å². The first-order valence-electron chi connectivity index (χ1n) is 5.91. The van der Waals surface area contributed by atoms with E-state index in [4.69, 9.17) is 10.5 Å². The molecule has 0 aliphatic heterocycles. The zero-order valence-electron chi connectivity index (χ0n) is 11.0. The number of hydrogen-bond acceptors (Lipinski definition) is 3. The highest BCUT2D eigenvalue weighted by molar-refractivity contribution is 8.13. The summed E-state index contributed by atoms with van der Waals surface area (Å²) in [6.45, 7) is 2.04. The monoisotopic (exact) mass is 272 g/mol. The first kappa shape index (κ1) is 13.5. The van der Waals surface area contributed by atoms with Crippen LogP contribution in [-0.2, 0) is 0 Å². The van der Waals surface area contributed by atoms with Gasteiger partial charge in [0.1, 0.15) is 11.4 Å². The number of aryl methyl sites for hydroxylation is 1. The number of ether oxygens (including phenoxy) is 1. The Morgan fingerprint density at radius 2 is 1.79 bits per heavy atom. The fourth-order valence-electron chi connectivity index (χ4n) is 1.53. The molecule has 0 fully saturated rings. The summed E-state index contributed by atoms with van der Waals surface area (Å²) in [5.41, 5.74) is 7.68. The molecule has 0 bridgehead atoms. The van der Waals surface area contributed by atoms with Crippen molar-refractivity contribution >= 4 is 22.6 Å². The van der Waals surface area contributed by atoms with Crippen LogP contribution in [0.5, 0.6) is 11.5 Å². The molecule has 2 rings (SSSR count). The van der Waals surface area contributed by atoms with E-state index in [0.29, 0.717) is 10.9 Å². The van der Waals surface area contributed by atoms with Crippen molar-refractivity contribution < 1.29 is 4.74 Å². The number of thioether (sulfide) groups is 1. The molecule has 0 atom stereocenters.